The third-order valence-electron chi connectivity index (χ3n) is 0. The van der Waals surface area contributed by atoms with Crippen molar-refractivity contribution in [2.45, 2.75) is 0 Å². The van der Waals surface area contributed by atoms with Crippen LogP contribution < -0.4 is 0 Å². The molecule has 0 spiro atoms. The zero-order valence-electron chi connectivity index (χ0n) is 4.42. The summed E-state index contributed by atoms with van der Waals surface area (Å²) in [5.41, 5.74) is 0. The maximum atomic E-state index is 8.74. The molecule has 4 N–H and O–H groups in total. The van der Waals surface area contributed by atoms with Gasteiger partial charge in [0.1, 0.15) is 0 Å². The smallest absolute Gasteiger partial charge is 0.314 e. The molecule has 6 nitrogen and oxygen atoms in total. The zero-order valence-corrected chi connectivity index (χ0v) is 8.05. The van der Waals surface area contributed by atoms with Gasteiger partial charge in [0.15, 0.2) is 0 Å². The molecule has 0 atom stereocenters. The molecule has 0 unspecified atom stereocenters. The topological polar surface area (TPSA) is 115 Å². The Hall–Kier alpha value is 0.880. The highest BCUT2D eigenvalue weighted by atomic mass is 35.5. The summed E-state index contributed by atoms with van der Waals surface area (Å²) in [5, 5.41) is 0. The summed E-state index contributed by atoms with van der Waals surface area (Å²) < 4.78 is 17.5. The first kappa shape index (κ1) is 22.4. The van der Waals surface area contributed by atoms with Gasteiger partial charge in [0, 0.05) is 0 Å². The fourth-order valence-corrected chi connectivity index (χ4v) is 0. The van der Waals surface area contributed by atoms with Gasteiger partial charge < -0.3 is 19.6 Å². The fraction of sp³-hybridized carbons (Fsp3) is 0. The van der Waals surface area contributed by atoms with E-state index in [4.69, 9.17) is 28.7 Å². The minimum Gasteiger partial charge on any atom is -0.326 e. The van der Waals surface area contributed by atoms with Gasteiger partial charge in [-0.2, -0.15) is 0 Å². The van der Waals surface area contributed by atoms with Gasteiger partial charge in [0.2, 0.25) is 0 Å². The van der Waals surface area contributed by atoms with Crippen molar-refractivity contribution in [1.29, 1.82) is 0 Å². The highest BCUT2D eigenvalue weighted by Gasteiger charge is 1.62. The lowest BCUT2D eigenvalue weighted by Crippen LogP contribution is -1.38. The number of halogens is 2. The minimum absolute atomic E-state index is 0. The molecule has 0 fully saturated rings. The van der Waals surface area contributed by atoms with Crippen LogP contribution in [0.3, 0.4) is 0 Å². The van der Waals surface area contributed by atoms with Crippen molar-refractivity contribution in [3.05, 3.63) is 0 Å². The van der Waals surface area contributed by atoms with Crippen molar-refractivity contribution < 1.29 is 28.7 Å². The largest absolute Gasteiger partial charge is 0.326 e. The Morgan fingerprint density at radius 1 is 0.700 bits per heavy atom. The third-order valence-corrected chi connectivity index (χ3v) is 0. The second kappa shape index (κ2) is 16.5. The Labute approximate surface area is 70.6 Å². The van der Waals surface area contributed by atoms with E-state index in [0.29, 0.717) is 0 Å². The maximum absolute atomic E-state index is 8.74. The molecule has 0 aliphatic heterocycles. The molecule has 10 heteroatoms. The first-order chi connectivity index (χ1) is 3.46. The molecule has 0 saturated heterocycles. The van der Waals surface area contributed by atoms with E-state index in [1.165, 1.54) is 0 Å². The fourth-order valence-electron chi connectivity index (χ4n) is 0. The van der Waals surface area contributed by atoms with Crippen LogP contribution in [0, 0.1) is 0 Å². The normalized spacial score (nSPS) is 7.00. The molecular weight excluding hydrogens is 229 g/mol. The summed E-state index contributed by atoms with van der Waals surface area (Å²) in [5.74, 6) is 0. The van der Waals surface area contributed by atoms with Crippen LogP contribution in [0.4, 0.5) is 0 Å². The van der Waals surface area contributed by atoms with Crippen molar-refractivity contribution in [2.75, 3.05) is 0 Å². The molecule has 0 aliphatic rings. The van der Waals surface area contributed by atoms with Crippen molar-refractivity contribution in [2.24, 2.45) is 0 Å². The molecule has 0 aromatic carbocycles. The van der Waals surface area contributed by atoms with Crippen LogP contribution in [0.1, 0.15) is 0 Å². The lowest BCUT2D eigenvalue weighted by Gasteiger charge is -1.61. The summed E-state index contributed by atoms with van der Waals surface area (Å²) in [7, 11) is -6.26. The molecule has 0 aromatic rings. The van der Waals surface area contributed by atoms with E-state index in [2.05, 4.69) is 0 Å². The van der Waals surface area contributed by atoms with Gasteiger partial charge >= 0.3 is 16.5 Å². The SMILES string of the molecule is Cl.Cl.O=[PH](O)O.O=[PH](O)O. The maximum Gasteiger partial charge on any atom is 0.314 e. The van der Waals surface area contributed by atoms with Crippen molar-refractivity contribution in [3.63, 3.8) is 0 Å². The van der Waals surface area contributed by atoms with E-state index in [-0.39, 0.29) is 24.8 Å². The minimum atomic E-state index is -3.13. The first-order valence-electron chi connectivity index (χ1n) is 1.30. The van der Waals surface area contributed by atoms with E-state index in [9.17, 15) is 0 Å². The van der Waals surface area contributed by atoms with Gasteiger partial charge in [-0.05, 0) is 0 Å². The van der Waals surface area contributed by atoms with Gasteiger partial charge in [-0.15, -0.1) is 24.8 Å². The van der Waals surface area contributed by atoms with Gasteiger partial charge in [0.25, 0.3) is 0 Å². The Kier molecular flexibility index (Phi) is 36.9. The van der Waals surface area contributed by atoms with Crippen LogP contribution in [0.15, 0.2) is 0 Å². The van der Waals surface area contributed by atoms with Crippen LogP contribution in [0.25, 0.3) is 0 Å². The monoisotopic (exact) mass is 236 g/mol. The van der Waals surface area contributed by atoms with Gasteiger partial charge in [-0.1, -0.05) is 0 Å². The van der Waals surface area contributed by atoms with Crippen LogP contribution in [0.2, 0.25) is 0 Å². The molecule has 0 saturated carbocycles. The second-order valence-electron chi connectivity index (χ2n) is 0.565. The first-order valence-corrected chi connectivity index (χ1v) is 3.91. The predicted molar refractivity (Wildman–Crippen MR) is 41.4 cm³/mol. The molecule has 0 bridgehead atoms. The molecular formula is H8Cl2O6P2. The van der Waals surface area contributed by atoms with E-state index < -0.39 is 16.5 Å². The van der Waals surface area contributed by atoms with Crippen LogP contribution in [-0.4, -0.2) is 19.6 Å². The van der Waals surface area contributed by atoms with Gasteiger partial charge in [-0.3, -0.25) is 9.13 Å². The van der Waals surface area contributed by atoms with Crippen LogP contribution in [-0.2, 0) is 9.13 Å². The average molecular weight is 237 g/mol. The molecule has 0 amide bonds. The Morgan fingerprint density at radius 3 is 0.700 bits per heavy atom. The molecule has 68 valence electrons. The lowest BCUT2D eigenvalue weighted by atomic mass is 15.8. The highest BCUT2D eigenvalue weighted by molar-refractivity contribution is 7.31. The van der Waals surface area contributed by atoms with Gasteiger partial charge in [-0.25, -0.2) is 0 Å². The Balaban J connectivity index is -0.0000000300. The number of hydrogen-bond donors (Lipinski definition) is 4. The summed E-state index contributed by atoms with van der Waals surface area (Å²) in [6.07, 6.45) is 0. The molecule has 0 rings (SSSR count). The van der Waals surface area contributed by atoms with E-state index in [0.717, 1.165) is 0 Å². The Morgan fingerprint density at radius 2 is 0.700 bits per heavy atom. The van der Waals surface area contributed by atoms with Crippen molar-refractivity contribution in [1.82, 2.24) is 0 Å². The summed E-state index contributed by atoms with van der Waals surface area (Å²) in [6, 6.07) is 0. The zero-order chi connectivity index (χ0) is 7.15. The third kappa shape index (κ3) is 712. The van der Waals surface area contributed by atoms with Crippen LogP contribution >= 0.6 is 41.3 Å². The van der Waals surface area contributed by atoms with E-state index >= 15 is 0 Å². The standard InChI is InChI=1S/2ClH.2H3O3P/c;;2*1-4(2)3/h2*1H;2*4H,(H2,1,2,3). The van der Waals surface area contributed by atoms with Crippen molar-refractivity contribution >= 4 is 41.3 Å². The molecule has 0 heterocycles. The molecule has 0 radical (unpaired) electrons. The summed E-state index contributed by atoms with van der Waals surface area (Å²) in [6.45, 7) is 0. The molecule has 0 aliphatic carbocycles. The molecule has 10 heavy (non-hydrogen) atoms. The van der Waals surface area contributed by atoms with Crippen LogP contribution in [0.5, 0.6) is 0 Å². The summed E-state index contributed by atoms with van der Waals surface area (Å²) in [4.78, 5) is 28.6. The number of rotatable bonds is 0. The van der Waals surface area contributed by atoms with Gasteiger partial charge in [0.05, 0.1) is 0 Å². The lowest BCUT2D eigenvalue weighted by molar-refractivity contribution is 0.403. The average Bonchev–Trinajstić information content (AvgIpc) is 1.25. The van der Waals surface area contributed by atoms with E-state index in [1.807, 2.05) is 0 Å². The quantitative estimate of drug-likeness (QED) is 0.424. The summed E-state index contributed by atoms with van der Waals surface area (Å²) >= 11 is 0. The highest BCUT2D eigenvalue weighted by Crippen LogP contribution is 1.98. The number of hydrogen-bond acceptors (Lipinski definition) is 2. The van der Waals surface area contributed by atoms with E-state index in [1.54, 1.807) is 0 Å². The predicted octanol–water partition coefficient (Wildman–Crippen LogP) is -0.435. The Bertz CT molecular complexity index is 71.7. The molecule has 0 aromatic heterocycles. The second-order valence-corrected chi connectivity index (χ2v) is 1.70. The van der Waals surface area contributed by atoms with Crippen molar-refractivity contribution in [3.8, 4) is 0 Å².